The molecule has 4 nitrogen and oxygen atoms in total. The van der Waals surface area contributed by atoms with E-state index in [1.54, 1.807) is 24.3 Å². The number of nitrogens with zero attached hydrogens (tertiary/aromatic N) is 1. The van der Waals surface area contributed by atoms with Gasteiger partial charge in [-0.3, -0.25) is 5.43 Å². The topological polar surface area (TPSA) is 56.7 Å². The highest BCUT2D eigenvalue weighted by Crippen LogP contribution is 2.12. The lowest BCUT2D eigenvalue weighted by molar-refractivity contribution is 0.474. The summed E-state index contributed by atoms with van der Waals surface area (Å²) >= 11 is 4.92. The first kappa shape index (κ1) is 12.2. The van der Waals surface area contributed by atoms with Gasteiger partial charge in [-0.2, -0.15) is 5.10 Å². The second-order valence-corrected chi connectivity index (χ2v) is 3.34. The van der Waals surface area contributed by atoms with E-state index >= 15 is 0 Å². The standard InChI is InChI=1S/C11H13N3OS/c1-2-7-12-11(16)14-13-8-9-5-3-4-6-10(9)15/h2-6,8,15H,1,7H2,(H2,12,14,16)/b13-8-. The normalized spacial score (nSPS) is 10.0. The summed E-state index contributed by atoms with van der Waals surface area (Å²) in [7, 11) is 0. The van der Waals surface area contributed by atoms with Crippen LogP contribution in [0.3, 0.4) is 0 Å². The van der Waals surface area contributed by atoms with Gasteiger partial charge in [0.2, 0.25) is 0 Å². The van der Waals surface area contributed by atoms with Crippen molar-refractivity contribution < 1.29 is 5.11 Å². The molecule has 1 aromatic carbocycles. The van der Waals surface area contributed by atoms with E-state index in [1.807, 2.05) is 6.07 Å². The Morgan fingerprint density at radius 2 is 2.25 bits per heavy atom. The van der Waals surface area contributed by atoms with Gasteiger partial charge in [0, 0.05) is 12.1 Å². The predicted octanol–water partition coefficient (Wildman–Crippen LogP) is 1.38. The summed E-state index contributed by atoms with van der Waals surface area (Å²) in [4.78, 5) is 0. The van der Waals surface area contributed by atoms with E-state index in [-0.39, 0.29) is 5.75 Å². The number of nitrogens with one attached hydrogen (secondary N) is 2. The van der Waals surface area contributed by atoms with Crippen LogP contribution >= 0.6 is 12.2 Å². The van der Waals surface area contributed by atoms with E-state index in [0.29, 0.717) is 17.2 Å². The highest BCUT2D eigenvalue weighted by Gasteiger charge is 1.94. The fourth-order valence-electron chi connectivity index (χ4n) is 0.962. The Morgan fingerprint density at radius 3 is 2.94 bits per heavy atom. The number of hydrogen-bond donors (Lipinski definition) is 3. The van der Waals surface area contributed by atoms with Gasteiger partial charge in [0.05, 0.1) is 6.21 Å². The Morgan fingerprint density at radius 1 is 1.50 bits per heavy atom. The number of para-hydroxylation sites is 1. The summed E-state index contributed by atoms with van der Waals surface area (Å²) in [5.41, 5.74) is 3.25. The Bertz CT molecular complexity index is 404. The van der Waals surface area contributed by atoms with Crippen molar-refractivity contribution in [2.24, 2.45) is 5.10 Å². The van der Waals surface area contributed by atoms with Gasteiger partial charge in [0.15, 0.2) is 5.11 Å². The van der Waals surface area contributed by atoms with Crippen LogP contribution in [0.1, 0.15) is 5.56 Å². The molecule has 0 saturated heterocycles. The molecule has 1 rings (SSSR count). The third kappa shape index (κ3) is 4.10. The van der Waals surface area contributed by atoms with Crippen LogP contribution in [0.25, 0.3) is 0 Å². The van der Waals surface area contributed by atoms with Crippen LogP contribution < -0.4 is 10.7 Å². The molecule has 0 unspecified atom stereocenters. The fraction of sp³-hybridized carbons (Fsp3) is 0.0909. The van der Waals surface area contributed by atoms with Crippen LogP contribution in [0.15, 0.2) is 42.0 Å². The highest BCUT2D eigenvalue weighted by molar-refractivity contribution is 7.80. The molecule has 1 aromatic rings. The lowest BCUT2D eigenvalue weighted by Crippen LogP contribution is -2.31. The van der Waals surface area contributed by atoms with Gasteiger partial charge in [-0.1, -0.05) is 18.2 Å². The quantitative estimate of drug-likeness (QED) is 0.319. The fourth-order valence-corrected chi connectivity index (χ4v) is 1.10. The SMILES string of the molecule is C=CCNC(=S)N/N=C\c1ccccc1O. The summed E-state index contributed by atoms with van der Waals surface area (Å²) in [5.74, 6) is 0.179. The molecule has 0 spiro atoms. The molecule has 0 heterocycles. The van der Waals surface area contributed by atoms with Gasteiger partial charge < -0.3 is 10.4 Å². The predicted molar refractivity (Wildman–Crippen MR) is 69.6 cm³/mol. The van der Waals surface area contributed by atoms with Crippen molar-refractivity contribution in [3.05, 3.63) is 42.5 Å². The zero-order valence-corrected chi connectivity index (χ0v) is 9.50. The number of phenolic OH excluding ortho intramolecular Hbond substituents is 1. The van der Waals surface area contributed by atoms with E-state index in [4.69, 9.17) is 12.2 Å². The van der Waals surface area contributed by atoms with Crippen LogP contribution in [-0.2, 0) is 0 Å². The first-order valence-corrected chi connectivity index (χ1v) is 5.10. The van der Waals surface area contributed by atoms with E-state index < -0.39 is 0 Å². The second kappa shape index (κ2) is 6.58. The second-order valence-electron chi connectivity index (χ2n) is 2.93. The van der Waals surface area contributed by atoms with Crippen molar-refractivity contribution in [2.45, 2.75) is 0 Å². The molecule has 0 bridgehead atoms. The van der Waals surface area contributed by atoms with Crippen molar-refractivity contribution in [2.75, 3.05) is 6.54 Å². The molecule has 5 heteroatoms. The largest absolute Gasteiger partial charge is 0.507 e. The monoisotopic (exact) mass is 235 g/mol. The first-order valence-electron chi connectivity index (χ1n) is 4.70. The van der Waals surface area contributed by atoms with Crippen molar-refractivity contribution >= 4 is 23.5 Å². The number of hydrogen-bond acceptors (Lipinski definition) is 3. The maximum atomic E-state index is 9.44. The molecule has 0 aromatic heterocycles. The molecule has 0 atom stereocenters. The number of rotatable bonds is 4. The van der Waals surface area contributed by atoms with E-state index in [2.05, 4.69) is 22.4 Å². The molecule has 0 aliphatic carbocycles. The summed E-state index contributed by atoms with van der Waals surface area (Å²) in [5, 5.41) is 16.6. The molecule has 0 amide bonds. The van der Waals surface area contributed by atoms with Crippen LogP contribution in [-0.4, -0.2) is 23.0 Å². The molecule has 16 heavy (non-hydrogen) atoms. The van der Waals surface area contributed by atoms with Crippen LogP contribution in [0.2, 0.25) is 0 Å². The highest BCUT2D eigenvalue weighted by atomic mass is 32.1. The smallest absolute Gasteiger partial charge is 0.187 e. The van der Waals surface area contributed by atoms with Crippen molar-refractivity contribution in [3.63, 3.8) is 0 Å². The minimum atomic E-state index is 0.179. The Labute approximate surface area is 99.7 Å². The molecular formula is C11H13N3OS. The summed E-state index contributed by atoms with van der Waals surface area (Å²) < 4.78 is 0. The van der Waals surface area contributed by atoms with Gasteiger partial charge in [0.25, 0.3) is 0 Å². The minimum absolute atomic E-state index is 0.179. The van der Waals surface area contributed by atoms with Crippen molar-refractivity contribution in [1.29, 1.82) is 0 Å². The van der Waals surface area contributed by atoms with E-state index in [9.17, 15) is 5.11 Å². The number of aromatic hydroxyl groups is 1. The van der Waals surface area contributed by atoms with Crippen LogP contribution in [0.5, 0.6) is 5.75 Å². The molecule has 0 fully saturated rings. The third-order valence-corrected chi connectivity index (χ3v) is 1.95. The van der Waals surface area contributed by atoms with Crippen LogP contribution in [0.4, 0.5) is 0 Å². The van der Waals surface area contributed by atoms with Gasteiger partial charge >= 0.3 is 0 Å². The van der Waals surface area contributed by atoms with E-state index in [1.165, 1.54) is 6.21 Å². The molecule has 0 radical (unpaired) electrons. The number of phenols is 1. The van der Waals surface area contributed by atoms with E-state index in [0.717, 1.165) is 0 Å². The van der Waals surface area contributed by atoms with Gasteiger partial charge in [-0.05, 0) is 24.4 Å². The molecular weight excluding hydrogens is 222 g/mol. The summed E-state index contributed by atoms with van der Waals surface area (Å²) in [6.45, 7) is 4.13. The first-order chi connectivity index (χ1) is 7.74. The minimum Gasteiger partial charge on any atom is -0.507 e. The van der Waals surface area contributed by atoms with Crippen molar-refractivity contribution in [3.8, 4) is 5.75 Å². The molecule has 0 saturated carbocycles. The maximum Gasteiger partial charge on any atom is 0.187 e. The van der Waals surface area contributed by atoms with Gasteiger partial charge in [0.1, 0.15) is 5.75 Å². The summed E-state index contributed by atoms with van der Waals surface area (Å²) in [6.07, 6.45) is 3.19. The Kier molecular flexibility index (Phi) is 5.01. The Hall–Kier alpha value is -1.88. The number of thiocarbonyl (C=S) groups is 1. The summed E-state index contributed by atoms with van der Waals surface area (Å²) in [6, 6.07) is 6.90. The van der Waals surface area contributed by atoms with Gasteiger partial charge in [-0.25, -0.2) is 0 Å². The lowest BCUT2D eigenvalue weighted by Gasteiger charge is -2.03. The molecule has 0 aliphatic rings. The average molecular weight is 235 g/mol. The number of benzene rings is 1. The number of hydrazone groups is 1. The Balaban J connectivity index is 2.46. The lowest BCUT2D eigenvalue weighted by atomic mass is 10.2. The zero-order chi connectivity index (χ0) is 11.8. The molecule has 0 aliphatic heterocycles. The maximum absolute atomic E-state index is 9.44. The van der Waals surface area contributed by atoms with Crippen LogP contribution in [0, 0.1) is 0 Å². The zero-order valence-electron chi connectivity index (χ0n) is 8.68. The third-order valence-electron chi connectivity index (χ3n) is 1.71. The van der Waals surface area contributed by atoms with Gasteiger partial charge in [-0.15, -0.1) is 6.58 Å². The molecule has 3 N–H and O–H groups in total. The average Bonchev–Trinajstić information content (AvgIpc) is 2.29. The van der Waals surface area contributed by atoms with Crippen molar-refractivity contribution in [1.82, 2.24) is 10.7 Å². The molecule has 84 valence electrons.